The van der Waals surface area contributed by atoms with Crippen LogP contribution in [-0.4, -0.2) is 16.9 Å². The molecule has 0 unspecified atom stereocenters. The summed E-state index contributed by atoms with van der Waals surface area (Å²) in [5.74, 6) is 0.767. The van der Waals surface area contributed by atoms with Crippen molar-refractivity contribution in [1.29, 1.82) is 0 Å². The molecule has 4 rings (SSSR count). The van der Waals surface area contributed by atoms with Gasteiger partial charge in [-0.15, -0.1) is 11.8 Å². The molecular formula is C20H21NOS2. The molecule has 0 atom stereocenters. The van der Waals surface area contributed by atoms with Crippen molar-refractivity contribution >= 4 is 40.8 Å². The summed E-state index contributed by atoms with van der Waals surface area (Å²) in [6.45, 7) is 0. The number of para-hydroxylation sites is 2. The summed E-state index contributed by atoms with van der Waals surface area (Å²) >= 11 is 3.60. The third-order valence-electron chi connectivity index (χ3n) is 4.68. The molecule has 0 saturated heterocycles. The number of nitrogens with zero attached hydrogens (tertiary/aromatic N) is 1. The average Bonchev–Trinajstić information content (AvgIpc) is 2.65. The molecule has 0 N–H and O–H groups in total. The van der Waals surface area contributed by atoms with E-state index in [9.17, 15) is 4.79 Å². The number of thioether (sulfide) groups is 1. The lowest BCUT2D eigenvalue weighted by molar-refractivity contribution is -0.115. The Morgan fingerprint density at radius 3 is 2.17 bits per heavy atom. The molecule has 2 nitrogen and oxygen atoms in total. The van der Waals surface area contributed by atoms with E-state index >= 15 is 0 Å². The minimum Gasteiger partial charge on any atom is -0.278 e. The van der Waals surface area contributed by atoms with Gasteiger partial charge in [0.25, 0.3) is 0 Å². The second-order valence-corrected chi connectivity index (χ2v) is 8.71. The van der Waals surface area contributed by atoms with E-state index < -0.39 is 0 Å². The van der Waals surface area contributed by atoms with Gasteiger partial charge in [0.05, 0.1) is 17.1 Å². The lowest BCUT2D eigenvalue weighted by Gasteiger charge is -2.31. The fourth-order valence-electron chi connectivity index (χ4n) is 3.46. The topological polar surface area (TPSA) is 20.3 Å². The van der Waals surface area contributed by atoms with Gasteiger partial charge in [-0.3, -0.25) is 9.69 Å². The van der Waals surface area contributed by atoms with Crippen molar-refractivity contribution in [2.75, 3.05) is 10.7 Å². The van der Waals surface area contributed by atoms with Crippen LogP contribution >= 0.6 is 23.5 Å². The fourth-order valence-corrected chi connectivity index (χ4v) is 5.69. The van der Waals surface area contributed by atoms with Crippen molar-refractivity contribution in [2.45, 2.75) is 47.1 Å². The maximum Gasteiger partial charge on any atom is 0.241 e. The van der Waals surface area contributed by atoms with Crippen LogP contribution < -0.4 is 4.90 Å². The summed E-state index contributed by atoms with van der Waals surface area (Å²) in [6, 6.07) is 16.4. The summed E-state index contributed by atoms with van der Waals surface area (Å²) < 4.78 is 0. The molecule has 0 spiro atoms. The predicted octanol–water partition coefficient (Wildman–Crippen LogP) is 5.88. The molecule has 1 aliphatic carbocycles. The minimum absolute atomic E-state index is 0.200. The third-order valence-corrected chi connectivity index (χ3v) is 7.16. The van der Waals surface area contributed by atoms with Gasteiger partial charge in [0, 0.05) is 15.0 Å². The van der Waals surface area contributed by atoms with Crippen LogP contribution in [0.3, 0.4) is 0 Å². The number of carbonyl (C=O) groups is 1. The van der Waals surface area contributed by atoms with E-state index in [4.69, 9.17) is 0 Å². The van der Waals surface area contributed by atoms with E-state index in [1.54, 1.807) is 11.8 Å². The SMILES string of the molecule is O=C(CSC1CCCCC1)N1c2ccccc2Sc2ccccc21. The highest BCUT2D eigenvalue weighted by molar-refractivity contribution is 8.00. The van der Waals surface area contributed by atoms with Gasteiger partial charge in [-0.2, -0.15) is 0 Å². The standard InChI is InChI=1S/C20H21NOS2/c22-20(14-23-15-8-2-1-3-9-15)21-16-10-4-6-12-18(16)24-19-13-7-5-11-17(19)21/h4-7,10-13,15H,1-3,8-9,14H2. The van der Waals surface area contributed by atoms with Gasteiger partial charge in [0.1, 0.15) is 0 Å². The van der Waals surface area contributed by atoms with E-state index in [0.29, 0.717) is 11.0 Å². The summed E-state index contributed by atoms with van der Waals surface area (Å²) in [6.07, 6.45) is 6.52. The summed E-state index contributed by atoms with van der Waals surface area (Å²) in [7, 11) is 0. The Morgan fingerprint density at radius 2 is 1.54 bits per heavy atom. The number of hydrogen-bond acceptors (Lipinski definition) is 3. The molecular weight excluding hydrogens is 334 g/mol. The molecule has 2 aliphatic rings. The smallest absolute Gasteiger partial charge is 0.241 e. The number of fused-ring (bicyclic) bond motifs is 2. The Balaban J connectivity index is 1.58. The molecule has 1 amide bonds. The van der Waals surface area contributed by atoms with Crippen LogP contribution in [0.4, 0.5) is 11.4 Å². The highest BCUT2D eigenvalue weighted by Gasteiger charge is 2.28. The van der Waals surface area contributed by atoms with Gasteiger partial charge >= 0.3 is 0 Å². The molecule has 0 radical (unpaired) electrons. The van der Waals surface area contributed by atoms with Crippen molar-refractivity contribution in [3.63, 3.8) is 0 Å². The van der Waals surface area contributed by atoms with Crippen molar-refractivity contribution in [3.8, 4) is 0 Å². The van der Waals surface area contributed by atoms with Crippen LogP contribution in [0, 0.1) is 0 Å². The van der Waals surface area contributed by atoms with Gasteiger partial charge in [-0.1, -0.05) is 55.3 Å². The first-order valence-corrected chi connectivity index (χ1v) is 10.5. The quantitative estimate of drug-likeness (QED) is 0.685. The van der Waals surface area contributed by atoms with Crippen LogP contribution in [0.25, 0.3) is 0 Å². The van der Waals surface area contributed by atoms with Crippen LogP contribution in [0.5, 0.6) is 0 Å². The van der Waals surface area contributed by atoms with Crippen LogP contribution in [0.15, 0.2) is 58.3 Å². The monoisotopic (exact) mass is 355 g/mol. The zero-order valence-corrected chi connectivity index (χ0v) is 15.2. The molecule has 24 heavy (non-hydrogen) atoms. The number of carbonyl (C=O) groups excluding carboxylic acids is 1. The van der Waals surface area contributed by atoms with Crippen LogP contribution in [0.2, 0.25) is 0 Å². The van der Waals surface area contributed by atoms with Crippen molar-refractivity contribution in [3.05, 3.63) is 48.5 Å². The summed E-state index contributed by atoms with van der Waals surface area (Å²) in [5, 5.41) is 0.660. The second-order valence-electron chi connectivity index (χ2n) is 6.34. The van der Waals surface area contributed by atoms with Gasteiger partial charge in [0.2, 0.25) is 5.91 Å². The van der Waals surface area contributed by atoms with Crippen LogP contribution in [0.1, 0.15) is 32.1 Å². The molecule has 0 bridgehead atoms. The average molecular weight is 356 g/mol. The second kappa shape index (κ2) is 7.24. The number of benzene rings is 2. The maximum atomic E-state index is 13.1. The summed E-state index contributed by atoms with van der Waals surface area (Å²) in [5.41, 5.74) is 2.05. The molecule has 1 heterocycles. The first-order valence-electron chi connectivity index (χ1n) is 8.63. The van der Waals surface area contributed by atoms with Gasteiger partial charge in [-0.25, -0.2) is 0 Å². The van der Waals surface area contributed by atoms with Crippen molar-refractivity contribution < 1.29 is 4.79 Å². The van der Waals surface area contributed by atoms with Crippen molar-refractivity contribution in [2.24, 2.45) is 0 Å². The molecule has 2 aromatic rings. The zero-order valence-electron chi connectivity index (χ0n) is 13.6. The van der Waals surface area contributed by atoms with E-state index in [0.717, 1.165) is 21.2 Å². The minimum atomic E-state index is 0.200. The normalized spacial score (nSPS) is 17.2. The molecule has 124 valence electrons. The van der Waals surface area contributed by atoms with E-state index in [2.05, 4.69) is 24.3 Å². The van der Waals surface area contributed by atoms with Gasteiger partial charge < -0.3 is 0 Å². The van der Waals surface area contributed by atoms with E-state index in [1.807, 2.05) is 40.9 Å². The Kier molecular flexibility index (Phi) is 4.86. The fraction of sp³-hybridized carbons (Fsp3) is 0.350. The molecule has 0 aromatic heterocycles. The molecule has 1 saturated carbocycles. The number of rotatable bonds is 3. The Labute approximate surface area is 152 Å². The Morgan fingerprint density at radius 1 is 0.958 bits per heavy atom. The lowest BCUT2D eigenvalue weighted by atomic mass is 10.0. The third kappa shape index (κ3) is 3.22. The lowest BCUT2D eigenvalue weighted by Crippen LogP contribution is -2.30. The number of amides is 1. The first-order chi connectivity index (χ1) is 11.8. The maximum absolute atomic E-state index is 13.1. The Hall–Kier alpha value is -1.39. The first kappa shape index (κ1) is 16.1. The van der Waals surface area contributed by atoms with Gasteiger partial charge in [-0.05, 0) is 37.1 Å². The molecule has 1 fully saturated rings. The highest BCUT2D eigenvalue weighted by Crippen LogP contribution is 2.48. The largest absolute Gasteiger partial charge is 0.278 e. The predicted molar refractivity (Wildman–Crippen MR) is 103 cm³/mol. The number of anilines is 2. The Bertz CT molecular complexity index is 694. The molecule has 2 aromatic carbocycles. The van der Waals surface area contributed by atoms with E-state index in [1.165, 1.54) is 32.1 Å². The number of hydrogen-bond donors (Lipinski definition) is 0. The van der Waals surface area contributed by atoms with Gasteiger partial charge in [0.15, 0.2) is 0 Å². The molecule has 4 heteroatoms. The van der Waals surface area contributed by atoms with E-state index in [-0.39, 0.29) is 5.91 Å². The van der Waals surface area contributed by atoms with Crippen molar-refractivity contribution in [1.82, 2.24) is 0 Å². The summed E-state index contributed by atoms with van der Waals surface area (Å²) in [4.78, 5) is 17.3. The van der Waals surface area contributed by atoms with Crippen LogP contribution in [-0.2, 0) is 4.79 Å². The highest BCUT2D eigenvalue weighted by atomic mass is 32.2. The molecule has 1 aliphatic heterocycles. The zero-order chi connectivity index (χ0) is 16.4.